The van der Waals surface area contributed by atoms with Crippen molar-refractivity contribution in [3.05, 3.63) is 49.1 Å². The Morgan fingerprint density at radius 3 is 0.597 bits per heavy atom. The van der Waals surface area contributed by atoms with E-state index in [1.165, 1.54) is 315 Å². The molecule has 0 atom stereocenters. The zero-order chi connectivity index (χ0) is 51.1. The molecule has 406 valence electrons. The molecule has 0 spiro atoms. The monoisotopic (exact) mass is 1090 g/mol. The summed E-state index contributed by atoms with van der Waals surface area (Å²) in [5, 5.41) is 8.95. The van der Waals surface area contributed by atoms with Gasteiger partial charge in [0.25, 0.3) is 0 Å². The number of allylic oxidation sites excluding steroid dienone is 1. The summed E-state index contributed by atoms with van der Waals surface area (Å²) < 4.78 is 0. The summed E-state index contributed by atoms with van der Waals surface area (Å²) in [5.74, 6) is 7.31. The molecule has 0 fully saturated rings. The van der Waals surface area contributed by atoms with Gasteiger partial charge < -0.3 is 0 Å². The highest BCUT2D eigenvalue weighted by Gasteiger charge is 2.19. The first kappa shape index (κ1) is 64.0. The van der Waals surface area contributed by atoms with Crippen molar-refractivity contribution in [1.29, 1.82) is 0 Å². The van der Waals surface area contributed by atoms with Crippen molar-refractivity contribution in [2.45, 2.75) is 289 Å². The molecular formula is C66H106S6. The summed E-state index contributed by atoms with van der Waals surface area (Å²) in [7, 11) is 0. The molecule has 4 aromatic rings. The minimum atomic E-state index is 1.15. The number of benzene rings is 4. The second-order valence-corrected chi connectivity index (χ2v) is 27.8. The molecular weight excluding hydrogens is 985 g/mol. The Balaban J connectivity index is 1.88. The average molecular weight is 1090 g/mol. The molecule has 0 aliphatic rings. The summed E-state index contributed by atoms with van der Waals surface area (Å²) in [6, 6.07) is 16.2. The van der Waals surface area contributed by atoms with Crippen LogP contribution < -0.4 is 0 Å². The van der Waals surface area contributed by atoms with Gasteiger partial charge in [0.15, 0.2) is 0 Å². The van der Waals surface area contributed by atoms with Crippen molar-refractivity contribution in [2.24, 2.45) is 0 Å². The Kier molecular flexibility index (Phi) is 37.8. The van der Waals surface area contributed by atoms with Gasteiger partial charge in [-0.1, -0.05) is 214 Å². The maximum absolute atomic E-state index is 3.98. The van der Waals surface area contributed by atoms with Crippen LogP contribution in [-0.2, 0) is 0 Å². The molecule has 0 unspecified atom stereocenters. The minimum Gasteiger partial charge on any atom is -0.125 e. The highest BCUT2D eigenvalue weighted by atomic mass is 32.2. The van der Waals surface area contributed by atoms with E-state index in [0.29, 0.717) is 0 Å². The van der Waals surface area contributed by atoms with Crippen LogP contribution in [0.5, 0.6) is 0 Å². The number of hydrogen-bond donors (Lipinski definition) is 0. The smallest absolute Gasteiger partial charge is 0.0215 e. The van der Waals surface area contributed by atoms with E-state index in [4.69, 9.17) is 0 Å². The maximum Gasteiger partial charge on any atom is 0.0215 e. The van der Waals surface area contributed by atoms with Crippen molar-refractivity contribution in [3.8, 4) is 0 Å². The van der Waals surface area contributed by atoms with Crippen LogP contribution in [0.1, 0.15) is 259 Å². The molecule has 72 heavy (non-hydrogen) atoms. The molecule has 0 bridgehead atoms. The first-order valence-electron chi connectivity index (χ1n) is 30.5. The van der Waals surface area contributed by atoms with Gasteiger partial charge in [-0.15, -0.1) is 77.2 Å². The molecule has 0 amide bonds. The van der Waals surface area contributed by atoms with E-state index < -0.39 is 0 Å². The van der Waals surface area contributed by atoms with E-state index in [9.17, 15) is 0 Å². The third-order valence-corrected chi connectivity index (χ3v) is 21.7. The molecule has 0 nitrogen and oxygen atoms in total. The summed E-state index contributed by atoms with van der Waals surface area (Å²) in [4.78, 5) is 9.19. The number of unbranched alkanes of at least 4 members (excludes halogenated alkanes) is 29. The zero-order valence-corrected chi connectivity index (χ0v) is 52.1. The molecule has 6 heteroatoms. The fourth-order valence-electron chi connectivity index (χ4n) is 9.94. The molecule has 0 aromatic heterocycles. The molecule has 0 saturated carbocycles. The third kappa shape index (κ3) is 25.3. The van der Waals surface area contributed by atoms with Gasteiger partial charge in [0.2, 0.25) is 0 Å². The SMILES string of the molecule is C=CCCCCCCSc1cc2c(cc1SCCCCCCCC)c1cc(SCCCCCCCC)c(SCCCCCCCC)cc1c1cc(SCCCCCCCC)c(SCCCCCCCC)cc21. The first-order valence-corrected chi connectivity index (χ1v) is 36.4. The van der Waals surface area contributed by atoms with Crippen LogP contribution in [0.4, 0.5) is 0 Å². The Morgan fingerprint density at radius 2 is 0.417 bits per heavy atom. The largest absolute Gasteiger partial charge is 0.125 e. The standard InChI is InChI=1S/C66H106S6/c1-7-13-19-25-31-37-43-67-61-49-55-56(50-62(61)68-44-38-32-26-20-14-8-2)58-52-64(70-46-40-34-28-22-16-10-4)66(72-48-42-36-30-24-18-12-6)54-60(58)59-53-65(71-47-41-35-29-23-17-11-5)63(51-57(55)59)69-45-39-33-27-21-15-9-3/h7,49-54H,1,8-48H2,2-6H3. The topological polar surface area (TPSA) is 0 Å². The lowest BCUT2D eigenvalue weighted by Gasteiger charge is -2.20. The Labute approximate surface area is 471 Å². The van der Waals surface area contributed by atoms with Crippen LogP contribution in [0.2, 0.25) is 0 Å². The summed E-state index contributed by atoms with van der Waals surface area (Å²) in [5.41, 5.74) is 0. The van der Waals surface area contributed by atoms with Crippen molar-refractivity contribution in [2.75, 3.05) is 34.5 Å². The van der Waals surface area contributed by atoms with Gasteiger partial charge in [0, 0.05) is 29.4 Å². The van der Waals surface area contributed by atoms with Crippen LogP contribution in [0.3, 0.4) is 0 Å². The van der Waals surface area contributed by atoms with Crippen molar-refractivity contribution in [3.63, 3.8) is 0 Å². The fraction of sp³-hybridized carbons (Fsp3) is 0.697. The van der Waals surface area contributed by atoms with Gasteiger partial charge in [0.1, 0.15) is 0 Å². The third-order valence-electron chi connectivity index (χ3n) is 14.5. The molecule has 0 heterocycles. The second kappa shape index (κ2) is 42.5. The number of fused-ring (bicyclic) bond motifs is 6. The number of rotatable bonds is 48. The lowest BCUT2D eigenvalue weighted by atomic mass is 9.94. The second-order valence-electron chi connectivity index (χ2n) is 21.0. The Hall–Kier alpha value is -0.500. The maximum atomic E-state index is 3.98. The zero-order valence-electron chi connectivity index (χ0n) is 47.2. The Morgan fingerprint density at radius 1 is 0.250 bits per heavy atom. The van der Waals surface area contributed by atoms with E-state index in [1.807, 2.05) is 0 Å². The van der Waals surface area contributed by atoms with E-state index >= 15 is 0 Å². The predicted octanol–water partition coefficient (Wildman–Crippen LogP) is 25.6. The molecule has 4 aromatic carbocycles. The van der Waals surface area contributed by atoms with Gasteiger partial charge in [-0.2, -0.15) is 0 Å². The molecule has 0 aliphatic carbocycles. The van der Waals surface area contributed by atoms with Gasteiger partial charge >= 0.3 is 0 Å². The van der Waals surface area contributed by atoms with Crippen LogP contribution >= 0.6 is 70.6 Å². The van der Waals surface area contributed by atoms with Crippen molar-refractivity contribution >= 4 is 103 Å². The van der Waals surface area contributed by atoms with Gasteiger partial charge in [-0.3, -0.25) is 0 Å². The van der Waals surface area contributed by atoms with Crippen molar-refractivity contribution < 1.29 is 0 Å². The quantitative estimate of drug-likeness (QED) is 0.0186. The molecule has 4 rings (SSSR count). The summed E-state index contributed by atoms with van der Waals surface area (Å²) in [6.07, 6.45) is 49.2. The first-order chi connectivity index (χ1) is 35.6. The lowest BCUT2D eigenvalue weighted by Crippen LogP contribution is -1.94. The molecule has 0 N–H and O–H groups in total. The molecule has 0 saturated heterocycles. The number of hydrogen-bond acceptors (Lipinski definition) is 6. The van der Waals surface area contributed by atoms with E-state index in [2.05, 4.69) is 154 Å². The van der Waals surface area contributed by atoms with E-state index in [1.54, 1.807) is 0 Å². The van der Waals surface area contributed by atoms with Gasteiger partial charge in [0.05, 0.1) is 0 Å². The average Bonchev–Trinajstić information content (AvgIpc) is 3.39. The highest BCUT2D eigenvalue weighted by molar-refractivity contribution is 8.03. The Bertz CT molecular complexity index is 1950. The molecule has 0 aliphatic heterocycles. The van der Waals surface area contributed by atoms with Gasteiger partial charge in [-0.25, -0.2) is 0 Å². The number of thioether (sulfide) groups is 6. The van der Waals surface area contributed by atoms with Crippen molar-refractivity contribution in [1.82, 2.24) is 0 Å². The van der Waals surface area contributed by atoms with Crippen LogP contribution in [0.15, 0.2) is 78.4 Å². The van der Waals surface area contributed by atoms with E-state index in [-0.39, 0.29) is 0 Å². The summed E-state index contributed by atoms with van der Waals surface area (Å²) >= 11 is 13.0. The van der Waals surface area contributed by atoms with Crippen LogP contribution in [-0.4, -0.2) is 34.5 Å². The normalized spacial score (nSPS) is 11.8. The van der Waals surface area contributed by atoms with Crippen LogP contribution in [0.25, 0.3) is 32.3 Å². The highest BCUT2D eigenvalue weighted by Crippen LogP contribution is 2.48. The minimum absolute atomic E-state index is 1.15. The fourth-order valence-corrected chi connectivity index (χ4v) is 16.8. The predicted molar refractivity (Wildman–Crippen MR) is 343 cm³/mol. The van der Waals surface area contributed by atoms with Gasteiger partial charge in [-0.05, 0) is 155 Å². The van der Waals surface area contributed by atoms with Crippen LogP contribution in [0, 0.1) is 0 Å². The molecule has 0 radical (unpaired) electrons. The summed E-state index contributed by atoms with van der Waals surface area (Å²) in [6.45, 7) is 15.7. The lowest BCUT2D eigenvalue weighted by molar-refractivity contribution is 0.626. The van der Waals surface area contributed by atoms with E-state index in [0.717, 1.165) is 6.42 Å².